The maximum atomic E-state index is 2.93. The molecule has 0 aliphatic heterocycles. The summed E-state index contributed by atoms with van der Waals surface area (Å²) in [6, 6.07) is 36.4. The Bertz CT molecular complexity index is 1150. The molecule has 0 amide bonds. The number of hydrogen-bond acceptors (Lipinski definition) is 0. The van der Waals surface area contributed by atoms with E-state index in [4.69, 9.17) is 0 Å². The van der Waals surface area contributed by atoms with Gasteiger partial charge in [0.25, 0.3) is 0 Å². The Kier molecular flexibility index (Phi) is 6.03. The first-order valence-electron chi connectivity index (χ1n) is 9.99. The van der Waals surface area contributed by atoms with Crippen molar-refractivity contribution in [1.29, 1.82) is 0 Å². The molecule has 0 spiro atoms. The zero-order valence-corrected chi connectivity index (χ0v) is 17.8. The van der Waals surface area contributed by atoms with Gasteiger partial charge in [0.05, 0.1) is 0 Å². The largest absolute Gasteiger partial charge is 0.105 e. The van der Waals surface area contributed by atoms with Crippen LogP contribution < -0.4 is 0 Å². The molecule has 0 aromatic heterocycles. The molecule has 0 heterocycles. The van der Waals surface area contributed by atoms with Crippen LogP contribution in [0, 0.1) is 0 Å². The van der Waals surface area contributed by atoms with Crippen LogP contribution in [0.25, 0.3) is 21.7 Å². The molecule has 4 aromatic rings. The van der Waals surface area contributed by atoms with Crippen molar-refractivity contribution in [2.45, 2.75) is 12.8 Å². The van der Waals surface area contributed by atoms with Crippen molar-refractivity contribution in [3.63, 3.8) is 0 Å². The molecule has 0 saturated heterocycles. The van der Waals surface area contributed by atoms with E-state index in [2.05, 4.69) is 131 Å². The Morgan fingerprint density at radius 2 is 1.31 bits per heavy atom. The predicted octanol–water partition coefficient (Wildman–Crippen LogP) is 7.94. The molecular formula is C28H25P. The first-order valence-corrected chi connectivity index (χ1v) is 10.6. The molecule has 0 bridgehead atoms. The van der Waals surface area contributed by atoms with Crippen molar-refractivity contribution in [2.75, 3.05) is 0 Å². The molecule has 0 fully saturated rings. The van der Waals surface area contributed by atoms with E-state index in [0.29, 0.717) is 5.92 Å². The first kappa shape index (κ1) is 19.4. The molecular weight excluding hydrogens is 367 g/mol. The summed E-state index contributed by atoms with van der Waals surface area (Å²) in [6.45, 7) is 2.25. The van der Waals surface area contributed by atoms with Gasteiger partial charge in [-0.15, -0.1) is 9.24 Å². The molecule has 0 saturated carbocycles. The third-order valence-corrected chi connectivity index (χ3v) is 5.76. The van der Waals surface area contributed by atoms with E-state index in [1.165, 1.54) is 38.4 Å². The average molecular weight is 392 g/mol. The molecule has 0 radical (unpaired) electrons. The van der Waals surface area contributed by atoms with Gasteiger partial charge in [-0.05, 0) is 56.4 Å². The fourth-order valence-corrected chi connectivity index (χ4v) is 3.96. The molecule has 0 nitrogen and oxygen atoms in total. The Morgan fingerprint density at radius 3 is 2.03 bits per heavy atom. The topological polar surface area (TPSA) is 0 Å². The summed E-state index contributed by atoms with van der Waals surface area (Å²) in [4.78, 5) is 0. The predicted molar refractivity (Wildman–Crippen MR) is 131 cm³/mol. The highest BCUT2D eigenvalue weighted by Gasteiger charge is 2.07. The van der Waals surface area contributed by atoms with Crippen molar-refractivity contribution >= 4 is 30.9 Å². The molecule has 0 aliphatic rings. The smallest absolute Gasteiger partial charge is 0.000123 e. The number of rotatable bonds is 5. The first-order chi connectivity index (χ1) is 14.2. The second-order valence-electron chi connectivity index (χ2n) is 7.35. The van der Waals surface area contributed by atoms with Gasteiger partial charge in [-0.2, -0.15) is 0 Å². The third kappa shape index (κ3) is 4.73. The second kappa shape index (κ2) is 9.03. The molecule has 4 aromatic carbocycles. The van der Waals surface area contributed by atoms with E-state index in [1.54, 1.807) is 0 Å². The van der Waals surface area contributed by atoms with Gasteiger partial charge in [-0.25, -0.2) is 0 Å². The van der Waals surface area contributed by atoms with Gasteiger partial charge in [-0.1, -0.05) is 110 Å². The molecule has 2 atom stereocenters. The van der Waals surface area contributed by atoms with Gasteiger partial charge in [-0.3, -0.25) is 0 Å². The lowest BCUT2D eigenvalue weighted by Crippen LogP contribution is -1.91. The van der Waals surface area contributed by atoms with Gasteiger partial charge in [0.1, 0.15) is 0 Å². The fraction of sp³-hybridized carbons (Fsp3) is 0.0714. The molecule has 1 heteroatoms. The number of benzene rings is 4. The van der Waals surface area contributed by atoms with E-state index in [9.17, 15) is 0 Å². The minimum atomic E-state index is 0.331. The summed E-state index contributed by atoms with van der Waals surface area (Å²) in [6.07, 6.45) is 4.64. The lowest BCUT2D eigenvalue weighted by atomic mass is 9.94. The normalized spacial score (nSPS) is 13.4. The Balaban J connectivity index is 1.75. The lowest BCUT2D eigenvalue weighted by Gasteiger charge is -2.12. The number of hydrogen-bond donors (Lipinski definition) is 0. The van der Waals surface area contributed by atoms with Crippen LogP contribution in [0.4, 0.5) is 0 Å². The quantitative estimate of drug-likeness (QED) is 0.239. The van der Waals surface area contributed by atoms with Crippen LogP contribution in [0.1, 0.15) is 29.5 Å². The summed E-state index contributed by atoms with van der Waals surface area (Å²) in [5.41, 5.74) is 5.02. The van der Waals surface area contributed by atoms with Gasteiger partial charge < -0.3 is 0 Å². The van der Waals surface area contributed by atoms with Gasteiger partial charge in [0.15, 0.2) is 0 Å². The van der Waals surface area contributed by atoms with Crippen LogP contribution in [-0.4, -0.2) is 0 Å². The molecule has 2 unspecified atom stereocenters. The zero-order valence-electron chi connectivity index (χ0n) is 16.6. The molecule has 29 heavy (non-hydrogen) atoms. The lowest BCUT2D eigenvalue weighted by molar-refractivity contribution is 0.970. The minimum absolute atomic E-state index is 0.331. The Morgan fingerprint density at radius 1 is 0.690 bits per heavy atom. The highest BCUT2D eigenvalue weighted by molar-refractivity contribution is 7.31. The van der Waals surface area contributed by atoms with E-state index in [1.807, 2.05) is 0 Å². The van der Waals surface area contributed by atoms with Crippen LogP contribution in [-0.2, 0) is 0 Å². The summed E-state index contributed by atoms with van der Waals surface area (Å²) < 4.78 is 0. The van der Waals surface area contributed by atoms with E-state index >= 15 is 0 Å². The Labute approximate surface area is 175 Å². The monoisotopic (exact) mass is 392 g/mol. The van der Waals surface area contributed by atoms with E-state index in [0.717, 1.165) is 0 Å². The van der Waals surface area contributed by atoms with Crippen LogP contribution in [0.5, 0.6) is 0 Å². The summed E-state index contributed by atoms with van der Waals surface area (Å²) in [5.74, 6) is 0.331. The SMILES string of the molecule is CC(/C=C(\C=C(/P)c1ccc2ccccc2c1)c1ccccc1)c1ccccc1. The van der Waals surface area contributed by atoms with Crippen LogP contribution in [0.2, 0.25) is 0 Å². The van der Waals surface area contributed by atoms with Crippen molar-refractivity contribution < 1.29 is 0 Å². The van der Waals surface area contributed by atoms with Crippen LogP contribution >= 0.6 is 9.24 Å². The maximum absolute atomic E-state index is 2.93. The number of fused-ring (bicyclic) bond motifs is 1. The maximum Gasteiger partial charge on any atom is -0.000123 e. The highest BCUT2D eigenvalue weighted by atomic mass is 31.0. The minimum Gasteiger partial charge on any atom is -0.105 e. The summed E-state index contributed by atoms with van der Waals surface area (Å²) in [7, 11) is 2.93. The standard InChI is InChI=1S/C28H25P/c1-21(22-10-4-2-5-11-22)18-27(23-12-6-3-7-13-23)20-28(29)26-17-16-24-14-8-9-15-25(24)19-26/h2-21H,29H2,1H3/b27-18+,28-20-. The fourth-order valence-electron chi connectivity index (χ4n) is 3.60. The van der Waals surface area contributed by atoms with Gasteiger partial charge in [0.2, 0.25) is 0 Å². The summed E-state index contributed by atoms with van der Waals surface area (Å²) in [5, 5.41) is 3.72. The molecule has 0 aliphatic carbocycles. The second-order valence-corrected chi connectivity index (χ2v) is 7.97. The summed E-state index contributed by atoms with van der Waals surface area (Å²) >= 11 is 0. The van der Waals surface area contributed by atoms with Crippen LogP contribution in [0.3, 0.4) is 0 Å². The van der Waals surface area contributed by atoms with E-state index < -0.39 is 0 Å². The van der Waals surface area contributed by atoms with Gasteiger partial charge in [0, 0.05) is 0 Å². The molecule has 142 valence electrons. The highest BCUT2D eigenvalue weighted by Crippen LogP contribution is 2.31. The number of allylic oxidation sites excluding steroid dienone is 3. The molecule has 4 rings (SSSR count). The van der Waals surface area contributed by atoms with Crippen molar-refractivity contribution in [1.82, 2.24) is 0 Å². The van der Waals surface area contributed by atoms with E-state index in [-0.39, 0.29) is 0 Å². The third-order valence-electron chi connectivity index (χ3n) is 5.26. The average Bonchev–Trinajstić information content (AvgIpc) is 2.79. The van der Waals surface area contributed by atoms with Crippen molar-refractivity contribution in [3.8, 4) is 0 Å². The zero-order chi connectivity index (χ0) is 20.1. The van der Waals surface area contributed by atoms with Crippen molar-refractivity contribution in [3.05, 3.63) is 132 Å². The van der Waals surface area contributed by atoms with Crippen molar-refractivity contribution in [2.24, 2.45) is 0 Å². The molecule has 0 N–H and O–H groups in total. The Hall–Kier alpha value is -2.95. The van der Waals surface area contributed by atoms with Crippen LogP contribution in [0.15, 0.2) is 115 Å². The van der Waals surface area contributed by atoms with Gasteiger partial charge >= 0.3 is 0 Å².